The van der Waals surface area contributed by atoms with Crippen molar-refractivity contribution in [3.63, 3.8) is 0 Å². The zero-order chi connectivity index (χ0) is 22.3. The van der Waals surface area contributed by atoms with Crippen LogP contribution in [0.4, 0.5) is 0 Å². The van der Waals surface area contributed by atoms with E-state index in [4.69, 9.17) is 24.4 Å². The first kappa shape index (κ1) is 21.0. The first-order valence-electron chi connectivity index (χ1n) is 10.4. The highest BCUT2D eigenvalue weighted by Gasteiger charge is 2.80. The lowest BCUT2D eigenvalue weighted by molar-refractivity contribution is -0.289. The number of hydrogen-bond acceptors (Lipinski definition) is 8. The standard InChI is InChI=1S/C23H24N4O4/c1-28-16-9-8-15(11-17(16)29-2)19-21(12-24,13-25)22(14-26)18-7-5-3-4-6-10-23(18,30-19)31-20(22)27/h8-9,11,18-19,27H,3-7,10H2,1-2H3. The number of ether oxygens (including phenoxy) is 4. The van der Waals surface area contributed by atoms with Crippen LogP contribution in [0.2, 0.25) is 0 Å². The van der Waals surface area contributed by atoms with E-state index in [1.54, 1.807) is 18.2 Å². The number of hydrogen-bond donors (Lipinski definition) is 1. The maximum Gasteiger partial charge on any atom is 0.217 e. The molecule has 3 fully saturated rings. The highest BCUT2D eigenvalue weighted by atomic mass is 16.7. The summed E-state index contributed by atoms with van der Waals surface area (Å²) in [5.74, 6) is -1.20. The van der Waals surface area contributed by atoms with Gasteiger partial charge in [-0.25, -0.2) is 0 Å². The van der Waals surface area contributed by atoms with Crippen molar-refractivity contribution < 1.29 is 18.9 Å². The first-order valence-corrected chi connectivity index (χ1v) is 10.4. The average Bonchev–Trinajstić information content (AvgIpc) is 2.95. The van der Waals surface area contributed by atoms with Gasteiger partial charge < -0.3 is 18.9 Å². The van der Waals surface area contributed by atoms with E-state index in [0.29, 0.717) is 29.9 Å². The molecule has 1 saturated carbocycles. The monoisotopic (exact) mass is 420 g/mol. The Bertz CT molecular complexity index is 1020. The maximum atomic E-state index is 10.4. The molecule has 1 N–H and O–H groups in total. The molecule has 1 aromatic carbocycles. The molecule has 8 heteroatoms. The van der Waals surface area contributed by atoms with E-state index in [0.717, 1.165) is 25.7 Å². The summed E-state index contributed by atoms with van der Waals surface area (Å²) in [6.45, 7) is 0. The van der Waals surface area contributed by atoms with E-state index < -0.39 is 28.6 Å². The molecule has 0 amide bonds. The van der Waals surface area contributed by atoms with Gasteiger partial charge in [-0.1, -0.05) is 25.3 Å². The Morgan fingerprint density at radius 2 is 1.71 bits per heavy atom. The van der Waals surface area contributed by atoms with Gasteiger partial charge in [0.25, 0.3) is 0 Å². The lowest BCUT2D eigenvalue weighted by Crippen LogP contribution is -2.59. The number of nitrogens with one attached hydrogen (secondary N) is 1. The van der Waals surface area contributed by atoms with Crippen LogP contribution in [0, 0.1) is 56.2 Å². The van der Waals surface area contributed by atoms with Crippen LogP contribution in [-0.2, 0) is 9.47 Å². The van der Waals surface area contributed by atoms with Gasteiger partial charge in [-0.15, -0.1) is 0 Å². The highest BCUT2D eigenvalue weighted by Crippen LogP contribution is 2.68. The Morgan fingerprint density at radius 1 is 1.00 bits per heavy atom. The van der Waals surface area contributed by atoms with Gasteiger partial charge in [0.1, 0.15) is 6.10 Å². The minimum atomic E-state index is -1.96. The van der Waals surface area contributed by atoms with Crippen molar-refractivity contribution in [1.82, 2.24) is 0 Å². The van der Waals surface area contributed by atoms with Crippen LogP contribution in [0.1, 0.15) is 50.2 Å². The van der Waals surface area contributed by atoms with Gasteiger partial charge in [-0.05, 0) is 30.5 Å². The zero-order valence-electron chi connectivity index (χ0n) is 17.6. The quantitative estimate of drug-likeness (QED) is 0.781. The van der Waals surface area contributed by atoms with Crippen LogP contribution in [0.25, 0.3) is 0 Å². The van der Waals surface area contributed by atoms with Gasteiger partial charge in [0.05, 0.1) is 38.3 Å². The topological polar surface area (TPSA) is 132 Å². The van der Waals surface area contributed by atoms with Crippen LogP contribution in [0.5, 0.6) is 11.5 Å². The number of nitrogens with zero attached hydrogens (tertiary/aromatic N) is 3. The molecular weight excluding hydrogens is 396 g/mol. The molecular formula is C23H24N4O4. The Hall–Kier alpha value is -3.28. The van der Waals surface area contributed by atoms with Crippen LogP contribution < -0.4 is 9.47 Å². The summed E-state index contributed by atoms with van der Waals surface area (Å²) in [4.78, 5) is 0. The second-order valence-electron chi connectivity index (χ2n) is 8.31. The van der Waals surface area contributed by atoms with Crippen LogP contribution >= 0.6 is 0 Å². The highest BCUT2D eigenvalue weighted by molar-refractivity contribution is 5.89. The molecule has 4 rings (SSSR count). The van der Waals surface area contributed by atoms with Gasteiger partial charge in [0.15, 0.2) is 16.9 Å². The lowest BCUT2D eigenvalue weighted by Gasteiger charge is -2.50. The molecule has 2 bridgehead atoms. The van der Waals surface area contributed by atoms with Crippen molar-refractivity contribution in [3.05, 3.63) is 23.8 Å². The Kier molecular flexibility index (Phi) is 5.04. The molecule has 4 unspecified atom stereocenters. The van der Waals surface area contributed by atoms with Gasteiger partial charge in [0, 0.05) is 6.42 Å². The summed E-state index contributed by atoms with van der Waals surface area (Å²) in [6, 6.07) is 11.4. The number of rotatable bonds is 3. The van der Waals surface area contributed by atoms with E-state index in [2.05, 4.69) is 18.2 Å². The molecule has 2 saturated heterocycles. The van der Waals surface area contributed by atoms with Gasteiger partial charge >= 0.3 is 0 Å². The lowest BCUT2D eigenvalue weighted by atomic mass is 9.52. The number of benzene rings is 1. The summed E-state index contributed by atoms with van der Waals surface area (Å²) in [5.41, 5.74) is -3.18. The van der Waals surface area contributed by atoms with E-state index in [-0.39, 0.29) is 5.90 Å². The summed E-state index contributed by atoms with van der Waals surface area (Å²) in [7, 11) is 3.01. The molecule has 0 radical (unpaired) electrons. The second kappa shape index (κ2) is 7.45. The van der Waals surface area contributed by atoms with Gasteiger partial charge in [-0.3, -0.25) is 5.41 Å². The minimum absolute atomic E-state index is 0.340. The maximum absolute atomic E-state index is 10.4. The van der Waals surface area contributed by atoms with Crippen molar-refractivity contribution in [3.8, 4) is 29.7 Å². The smallest absolute Gasteiger partial charge is 0.217 e. The normalized spacial score (nSPS) is 33.3. The molecule has 0 aromatic heterocycles. The van der Waals surface area contributed by atoms with E-state index in [1.165, 1.54) is 14.2 Å². The third-order valence-electron chi connectivity index (χ3n) is 7.03. The molecule has 8 nitrogen and oxygen atoms in total. The molecule has 0 spiro atoms. The molecule has 4 atom stereocenters. The first-order chi connectivity index (χ1) is 15.0. The van der Waals surface area contributed by atoms with Crippen LogP contribution in [0.3, 0.4) is 0 Å². The summed E-state index contributed by atoms with van der Waals surface area (Å²) < 4.78 is 23.2. The van der Waals surface area contributed by atoms with Crippen molar-refractivity contribution in [2.75, 3.05) is 14.2 Å². The van der Waals surface area contributed by atoms with Crippen molar-refractivity contribution in [1.29, 1.82) is 21.2 Å². The van der Waals surface area contributed by atoms with Crippen molar-refractivity contribution >= 4 is 5.90 Å². The third kappa shape index (κ3) is 2.57. The van der Waals surface area contributed by atoms with E-state index in [9.17, 15) is 15.8 Å². The zero-order valence-corrected chi connectivity index (χ0v) is 17.6. The summed E-state index contributed by atoms with van der Waals surface area (Å²) in [6.07, 6.45) is 3.59. The third-order valence-corrected chi connectivity index (χ3v) is 7.03. The van der Waals surface area contributed by atoms with Crippen molar-refractivity contribution in [2.24, 2.45) is 16.7 Å². The van der Waals surface area contributed by atoms with Crippen LogP contribution in [0.15, 0.2) is 18.2 Å². The minimum Gasteiger partial charge on any atom is -0.493 e. The van der Waals surface area contributed by atoms with Gasteiger partial charge in [0.2, 0.25) is 17.1 Å². The van der Waals surface area contributed by atoms with Crippen LogP contribution in [-0.4, -0.2) is 25.9 Å². The average molecular weight is 420 g/mol. The fourth-order valence-corrected chi connectivity index (χ4v) is 5.53. The largest absolute Gasteiger partial charge is 0.493 e. The molecule has 160 valence electrons. The molecule has 2 aliphatic heterocycles. The summed E-state index contributed by atoms with van der Waals surface area (Å²) in [5, 5.41) is 39.7. The Morgan fingerprint density at radius 3 is 2.35 bits per heavy atom. The second-order valence-corrected chi connectivity index (χ2v) is 8.31. The summed E-state index contributed by atoms with van der Waals surface area (Å²) >= 11 is 0. The van der Waals surface area contributed by atoms with E-state index in [1.807, 2.05) is 0 Å². The van der Waals surface area contributed by atoms with E-state index >= 15 is 0 Å². The fourth-order valence-electron chi connectivity index (χ4n) is 5.53. The molecule has 2 heterocycles. The van der Waals surface area contributed by atoms with Crippen molar-refractivity contribution in [2.45, 2.75) is 50.4 Å². The number of methoxy groups -OCH3 is 2. The molecule has 1 aliphatic carbocycles. The molecule has 1 aromatic rings. The number of nitriles is 3. The predicted octanol–water partition coefficient (Wildman–Crippen LogP) is 3.99. The molecule has 3 aliphatic rings. The van der Waals surface area contributed by atoms with Gasteiger partial charge in [-0.2, -0.15) is 15.8 Å². The predicted molar refractivity (Wildman–Crippen MR) is 108 cm³/mol. The SMILES string of the molecule is COc1ccc(C2OC34CCCCCCC3C(C#N)(C(=N)O4)C2(C#N)C#N)cc1OC. The molecule has 31 heavy (non-hydrogen) atoms. The Labute approximate surface area is 181 Å². The fraction of sp³-hybridized carbons (Fsp3) is 0.565. The Balaban J connectivity index is 1.96.